The molecule has 1 heterocycles. The van der Waals surface area contributed by atoms with Gasteiger partial charge in [-0.2, -0.15) is 13.2 Å². The molecule has 2 aromatic carbocycles. The van der Waals surface area contributed by atoms with Crippen LogP contribution in [-0.4, -0.2) is 43.6 Å². The highest BCUT2D eigenvalue weighted by Crippen LogP contribution is 2.38. The number of nitrogens with zero attached hydrogens (tertiary/aromatic N) is 2. The van der Waals surface area contributed by atoms with Crippen LogP contribution < -0.4 is 9.64 Å². The summed E-state index contributed by atoms with van der Waals surface area (Å²) in [6.45, 7) is 1.79. The first kappa shape index (κ1) is 24.8. The van der Waals surface area contributed by atoms with Crippen molar-refractivity contribution in [3.63, 3.8) is 0 Å². The summed E-state index contributed by atoms with van der Waals surface area (Å²) in [6.07, 6.45) is -2.97. The van der Waals surface area contributed by atoms with Crippen molar-refractivity contribution < 1.29 is 22.7 Å². The maximum Gasteiger partial charge on any atom is 0.416 e. The largest absolute Gasteiger partial charge is 0.489 e. The van der Waals surface area contributed by atoms with Gasteiger partial charge in [0.25, 0.3) is 5.91 Å². The predicted molar refractivity (Wildman–Crippen MR) is 121 cm³/mol. The van der Waals surface area contributed by atoms with E-state index in [2.05, 4.69) is 0 Å². The zero-order valence-electron chi connectivity index (χ0n) is 16.4. The molecule has 0 atom stereocenters. The Kier molecular flexibility index (Phi) is 8.09. The molecule has 1 aliphatic heterocycles. The van der Waals surface area contributed by atoms with Gasteiger partial charge < -0.3 is 14.5 Å². The number of alkyl halides is 3. The molecule has 1 aliphatic rings. The number of carbonyl (C=O) groups is 1. The number of halogens is 7. The van der Waals surface area contributed by atoms with E-state index in [1.165, 1.54) is 18.2 Å². The molecule has 3 rings (SSSR count). The average Bonchev–Trinajstić information content (AvgIpc) is 2.72. The van der Waals surface area contributed by atoms with Crippen molar-refractivity contribution in [1.29, 1.82) is 0 Å². The van der Waals surface area contributed by atoms with E-state index in [-0.39, 0.29) is 22.6 Å². The Labute approximate surface area is 203 Å². The van der Waals surface area contributed by atoms with Crippen LogP contribution in [0.2, 0.25) is 10.0 Å². The molecule has 1 saturated heterocycles. The fourth-order valence-corrected chi connectivity index (χ4v) is 4.08. The molecular weight excluding hydrogens is 511 g/mol. The number of benzene rings is 2. The van der Waals surface area contributed by atoms with E-state index in [1.807, 2.05) is 4.90 Å². The molecule has 1 fully saturated rings. The minimum Gasteiger partial charge on any atom is -0.489 e. The normalized spacial score (nSPS) is 14.3. The molecule has 0 spiro atoms. The van der Waals surface area contributed by atoms with Crippen molar-refractivity contribution >= 4 is 58.0 Å². The van der Waals surface area contributed by atoms with E-state index in [4.69, 9.17) is 51.1 Å². The average molecular weight is 528 g/mol. The molecule has 0 aliphatic carbocycles. The summed E-state index contributed by atoms with van der Waals surface area (Å²) < 4.78 is 43.7. The number of anilines is 1. The standard InChI is InChI=1S/C21H17Cl4F3N2O2/c22-16-11-15(32-10-5-18(24)25)12-17(23)19(16)29-6-8-30(9-7-29)20(31)13-1-3-14(4-2-13)21(26,27)28/h1-5,11-12H,6-10H2. The van der Waals surface area contributed by atoms with Crippen LogP contribution in [0.1, 0.15) is 15.9 Å². The number of ether oxygens (including phenoxy) is 1. The Morgan fingerprint density at radius 3 is 2.06 bits per heavy atom. The van der Waals surface area contributed by atoms with Crippen LogP contribution in [0.4, 0.5) is 18.9 Å². The van der Waals surface area contributed by atoms with Gasteiger partial charge in [0.1, 0.15) is 16.8 Å². The lowest BCUT2D eigenvalue weighted by molar-refractivity contribution is -0.137. The van der Waals surface area contributed by atoms with Crippen LogP contribution in [0.25, 0.3) is 0 Å². The Hall–Kier alpha value is -1.80. The maximum absolute atomic E-state index is 12.7. The monoisotopic (exact) mass is 526 g/mol. The second-order valence-corrected chi connectivity index (χ2v) is 8.72. The fraction of sp³-hybridized carbons (Fsp3) is 0.286. The molecule has 0 bridgehead atoms. The summed E-state index contributed by atoms with van der Waals surface area (Å²) >= 11 is 23.9. The van der Waals surface area contributed by atoms with Gasteiger partial charge in [-0.25, -0.2) is 0 Å². The lowest BCUT2D eigenvalue weighted by Crippen LogP contribution is -2.49. The molecule has 11 heteroatoms. The van der Waals surface area contributed by atoms with E-state index in [9.17, 15) is 18.0 Å². The topological polar surface area (TPSA) is 32.8 Å². The van der Waals surface area contributed by atoms with Gasteiger partial charge in [0.15, 0.2) is 0 Å². The Balaban J connectivity index is 1.64. The summed E-state index contributed by atoms with van der Waals surface area (Å²) in [5.41, 5.74) is 0.0284. The van der Waals surface area contributed by atoms with Crippen LogP contribution in [0.5, 0.6) is 5.75 Å². The van der Waals surface area contributed by atoms with Gasteiger partial charge in [-0.3, -0.25) is 4.79 Å². The van der Waals surface area contributed by atoms with E-state index >= 15 is 0 Å². The first-order valence-electron chi connectivity index (χ1n) is 9.40. The molecule has 2 aromatic rings. The van der Waals surface area contributed by atoms with Crippen molar-refractivity contribution in [3.8, 4) is 5.75 Å². The molecule has 0 aromatic heterocycles. The van der Waals surface area contributed by atoms with Crippen LogP contribution in [0, 0.1) is 0 Å². The zero-order valence-corrected chi connectivity index (χ0v) is 19.5. The van der Waals surface area contributed by atoms with Crippen molar-refractivity contribution in [3.05, 3.63) is 68.1 Å². The third kappa shape index (κ3) is 6.16. The second-order valence-electron chi connectivity index (χ2n) is 6.89. The zero-order chi connectivity index (χ0) is 23.5. The third-order valence-corrected chi connectivity index (χ3v) is 5.71. The molecule has 32 heavy (non-hydrogen) atoms. The molecule has 172 valence electrons. The lowest BCUT2D eigenvalue weighted by Gasteiger charge is -2.37. The van der Waals surface area contributed by atoms with Crippen molar-refractivity contribution in [2.75, 3.05) is 37.7 Å². The molecule has 4 nitrogen and oxygen atoms in total. The van der Waals surface area contributed by atoms with Gasteiger partial charge in [-0.05, 0) is 30.3 Å². The number of carbonyl (C=O) groups excluding carboxylic acids is 1. The molecule has 0 unspecified atom stereocenters. The van der Waals surface area contributed by atoms with E-state index < -0.39 is 11.7 Å². The Morgan fingerprint density at radius 2 is 1.56 bits per heavy atom. The highest BCUT2D eigenvalue weighted by Gasteiger charge is 2.31. The van der Waals surface area contributed by atoms with E-state index in [1.54, 1.807) is 17.0 Å². The van der Waals surface area contributed by atoms with Crippen LogP contribution in [0.3, 0.4) is 0 Å². The van der Waals surface area contributed by atoms with Crippen LogP contribution in [0.15, 0.2) is 47.0 Å². The first-order chi connectivity index (χ1) is 15.1. The summed E-state index contributed by atoms with van der Waals surface area (Å²) in [4.78, 5) is 16.2. The highest BCUT2D eigenvalue weighted by molar-refractivity contribution is 6.55. The number of hydrogen-bond donors (Lipinski definition) is 0. The maximum atomic E-state index is 12.7. The predicted octanol–water partition coefficient (Wildman–Crippen LogP) is 6.67. The van der Waals surface area contributed by atoms with Gasteiger partial charge in [0.2, 0.25) is 0 Å². The third-order valence-electron chi connectivity index (χ3n) is 4.82. The van der Waals surface area contributed by atoms with Crippen LogP contribution in [-0.2, 0) is 6.18 Å². The van der Waals surface area contributed by atoms with Crippen molar-refractivity contribution in [2.45, 2.75) is 6.18 Å². The lowest BCUT2D eigenvalue weighted by atomic mass is 10.1. The smallest absolute Gasteiger partial charge is 0.416 e. The number of amides is 1. The molecule has 0 radical (unpaired) electrons. The Bertz CT molecular complexity index is 978. The molecule has 1 amide bonds. The Morgan fingerprint density at radius 1 is 1.00 bits per heavy atom. The van der Waals surface area contributed by atoms with Gasteiger partial charge in [0, 0.05) is 43.9 Å². The summed E-state index contributed by atoms with van der Waals surface area (Å²) in [6, 6.07) is 7.44. The van der Waals surface area contributed by atoms with Gasteiger partial charge in [-0.15, -0.1) is 0 Å². The molecule has 0 saturated carbocycles. The summed E-state index contributed by atoms with van der Waals surface area (Å²) in [5.74, 6) is 0.121. The quantitative estimate of drug-likeness (QED) is 0.435. The molecular formula is C21H17Cl4F3N2O2. The minimum atomic E-state index is -4.44. The summed E-state index contributed by atoms with van der Waals surface area (Å²) in [7, 11) is 0. The number of rotatable bonds is 5. The molecule has 0 N–H and O–H groups in total. The minimum absolute atomic E-state index is 0.0857. The van der Waals surface area contributed by atoms with E-state index in [0.717, 1.165) is 12.1 Å². The van der Waals surface area contributed by atoms with Gasteiger partial charge >= 0.3 is 6.18 Å². The second kappa shape index (κ2) is 10.4. The van der Waals surface area contributed by atoms with Gasteiger partial charge in [-0.1, -0.05) is 46.4 Å². The number of piperazine rings is 1. The van der Waals surface area contributed by atoms with E-state index in [0.29, 0.717) is 47.7 Å². The fourth-order valence-electron chi connectivity index (χ4n) is 3.25. The number of hydrogen-bond acceptors (Lipinski definition) is 3. The highest BCUT2D eigenvalue weighted by atomic mass is 35.5. The SMILES string of the molecule is O=C(c1ccc(C(F)(F)F)cc1)N1CCN(c2c(Cl)cc(OCC=C(Cl)Cl)cc2Cl)CC1. The summed E-state index contributed by atoms with van der Waals surface area (Å²) in [5, 5.41) is 0.770. The van der Waals surface area contributed by atoms with Gasteiger partial charge in [0.05, 0.1) is 21.3 Å². The van der Waals surface area contributed by atoms with Crippen LogP contribution >= 0.6 is 46.4 Å². The van der Waals surface area contributed by atoms with Crippen molar-refractivity contribution in [1.82, 2.24) is 4.90 Å². The van der Waals surface area contributed by atoms with Crippen molar-refractivity contribution in [2.24, 2.45) is 0 Å². The first-order valence-corrected chi connectivity index (χ1v) is 10.9.